The molecule has 0 amide bonds. The zero-order valence-electron chi connectivity index (χ0n) is 11.7. The minimum absolute atomic E-state index is 0.552. The Morgan fingerprint density at radius 3 is 2.65 bits per heavy atom. The minimum atomic E-state index is 0.552. The Bertz CT molecular complexity index is 682. The van der Waals surface area contributed by atoms with E-state index in [2.05, 4.69) is 46.0 Å². The zero-order chi connectivity index (χ0) is 13.7. The normalized spacial score (nSPS) is 28.1. The van der Waals surface area contributed by atoms with Crippen molar-refractivity contribution < 1.29 is 0 Å². The molecule has 1 heterocycles. The average molecular weight is 285 g/mol. The van der Waals surface area contributed by atoms with Gasteiger partial charge in [-0.05, 0) is 50.2 Å². The van der Waals surface area contributed by atoms with Gasteiger partial charge in [0.1, 0.15) is 0 Å². The first-order chi connectivity index (χ1) is 9.72. The van der Waals surface area contributed by atoms with Crippen molar-refractivity contribution in [3.63, 3.8) is 0 Å². The number of benzene rings is 1. The van der Waals surface area contributed by atoms with Gasteiger partial charge in [0.05, 0.1) is 0 Å². The van der Waals surface area contributed by atoms with Crippen LogP contribution in [0, 0.1) is 23.5 Å². The van der Waals surface area contributed by atoms with Crippen molar-refractivity contribution in [1.29, 1.82) is 0 Å². The molecule has 2 fully saturated rings. The number of hydrogen-bond acceptors (Lipinski definition) is 2. The fraction of sp³-hybridized carbons (Fsp3) is 0.500. The molecule has 104 valence electrons. The summed E-state index contributed by atoms with van der Waals surface area (Å²) < 4.78 is 3.06. The highest BCUT2D eigenvalue weighted by Crippen LogP contribution is 2.51. The minimum Gasteiger partial charge on any atom is -0.297 e. The summed E-state index contributed by atoms with van der Waals surface area (Å²) in [6.07, 6.45) is 5.42. The van der Waals surface area contributed by atoms with Gasteiger partial charge in [-0.1, -0.05) is 36.2 Å². The second-order valence-corrected chi connectivity index (χ2v) is 6.72. The maximum Gasteiger partial charge on any atom is 0.195 e. The molecule has 4 heteroatoms. The Morgan fingerprint density at radius 1 is 1.20 bits per heavy atom. The standard InChI is InChI=1S/C16H19N3S/c1-10-2-5-12(6-3-10)15-17-18-16(20)19(15)14-9-11-4-7-13(14)8-11/h2-3,5-6,11,13-14H,4,7-9H2,1H3,(H,18,20). The Labute approximate surface area is 124 Å². The number of H-pyrrole nitrogens is 1. The quantitative estimate of drug-likeness (QED) is 0.836. The lowest BCUT2D eigenvalue weighted by Gasteiger charge is -2.24. The number of aryl methyl sites for hydroxylation is 1. The molecule has 1 N–H and O–H groups in total. The number of aromatic amines is 1. The van der Waals surface area contributed by atoms with E-state index >= 15 is 0 Å². The van der Waals surface area contributed by atoms with Crippen LogP contribution in [0.15, 0.2) is 24.3 Å². The van der Waals surface area contributed by atoms with E-state index < -0.39 is 0 Å². The van der Waals surface area contributed by atoms with Crippen LogP contribution in [0.3, 0.4) is 0 Å². The third-order valence-electron chi connectivity index (χ3n) is 5.05. The number of rotatable bonds is 2. The predicted octanol–water partition coefficient (Wildman–Crippen LogP) is 4.28. The van der Waals surface area contributed by atoms with Crippen LogP contribution in [0.25, 0.3) is 11.4 Å². The zero-order valence-corrected chi connectivity index (χ0v) is 12.5. The van der Waals surface area contributed by atoms with Crippen molar-refractivity contribution in [2.75, 3.05) is 0 Å². The van der Waals surface area contributed by atoms with Gasteiger partial charge in [0.15, 0.2) is 10.6 Å². The molecule has 4 rings (SSSR count). The van der Waals surface area contributed by atoms with Crippen molar-refractivity contribution in [3.05, 3.63) is 34.6 Å². The topological polar surface area (TPSA) is 33.6 Å². The lowest BCUT2D eigenvalue weighted by atomic mass is 9.95. The molecule has 1 aromatic heterocycles. The summed E-state index contributed by atoms with van der Waals surface area (Å²) in [6, 6.07) is 9.11. The fourth-order valence-corrected chi connectivity index (χ4v) is 4.31. The lowest BCUT2D eigenvalue weighted by Crippen LogP contribution is -2.17. The molecule has 3 unspecified atom stereocenters. The highest BCUT2D eigenvalue weighted by Gasteiger charge is 2.41. The number of aromatic nitrogens is 3. The van der Waals surface area contributed by atoms with E-state index in [1.165, 1.54) is 31.2 Å². The van der Waals surface area contributed by atoms with Crippen LogP contribution in [-0.2, 0) is 0 Å². The summed E-state index contributed by atoms with van der Waals surface area (Å²) in [5, 5.41) is 7.49. The molecule has 3 atom stereocenters. The van der Waals surface area contributed by atoms with Crippen LogP contribution in [0.4, 0.5) is 0 Å². The number of fused-ring (bicyclic) bond motifs is 2. The largest absolute Gasteiger partial charge is 0.297 e. The second kappa shape index (κ2) is 4.55. The summed E-state index contributed by atoms with van der Waals surface area (Å²) in [5.74, 6) is 2.72. The summed E-state index contributed by atoms with van der Waals surface area (Å²) in [6.45, 7) is 2.11. The van der Waals surface area contributed by atoms with E-state index in [1.807, 2.05) is 0 Å². The Balaban J connectivity index is 1.78. The second-order valence-electron chi connectivity index (χ2n) is 6.33. The monoisotopic (exact) mass is 285 g/mol. The Morgan fingerprint density at radius 2 is 2.00 bits per heavy atom. The summed E-state index contributed by atoms with van der Waals surface area (Å²) in [4.78, 5) is 0. The van der Waals surface area contributed by atoms with Crippen LogP contribution < -0.4 is 0 Å². The van der Waals surface area contributed by atoms with Crippen LogP contribution in [0.5, 0.6) is 0 Å². The van der Waals surface area contributed by atoms with Crippen molar-refractivity contribution in [1.82, 2.24) is 14.8 Å². The van der Waals surface area contributed by atoms with Gasteiger partial charge < -0.3 is 0 Å². The first kappa shape index (κ1) is 12.3. The van der Waals surface area contributed by atoms with Gasteiger partial charge >= 0.3 is 0 Å². The molecule has 2 saturated carbocycles. The molecule has 2 bridgehead atoms. The fourth-order valence-electron chi connectivity index (χ4n) is 4.05. The molecule has 2 aromatic rings. The summed E-state index contributed by atoms with van der Waals surface area (Å²) in [7, 11) is 0. The number of nitrogens with one attached hydrogen (secondary N) is 1. The lowest BCUT2D eigenvalue weighted by molar-refractivity contribution is 0.329. The van der Waals surface area contributed by atoms with E-state index in [1.54, 1.807) is 0 Å². The number of hydrogen-bond donors (Lipinski definition) is 1. The van der Waals surface area contributed by atoms with E-state index in [0.29, 0.717) is 6.04 Å². The predicted molar refractivity (Wildman–Crippen MR) is 82.1 cm³/mol. The van der Waals surface area contributed by atoms with Crippen LogP contribution in [0.2, 0.25) is 0 Å². The molecule has 0 radical (unpaired) electrons. The SMILES string of the molecule is Cc1ccc(-c2n[nH]c(=S)n2C2CC3CCC2C3)cc1. The summed E-state index contributed by atoms with van der Waals surface area (Å²) in [5.41, 5.74) is 2.43. The molecule has 0 aliphatic heterocycles. The van der Waals surface area contributed by atoms with Gasteiger partial charge in [-0.3, -0.25) is 9.67 Å². The van der Waals surface area contributed by atoms with Gasteiger partial charge in [0.25, 0.3) is 0 Å². The molecule has 0 spiro atoms. The highest BCUT2D eigenvalue weighted by atomic mass is 32.1. The van der Waals surface area contributed by atoms with Gasteiger partial charge in [-0.25, -0.2) is 0 Å². The first-order valence-corrected chi connectivity index (χ1v) is 7.87. The van der Waals surface area contributed by atoms with Crippen molar-refractivity contribution in [2.24, 2.45) is 11.8 Å². The molecular weight excluding hydrogens is 266 g/mol. The highest BCUT2D eigenvalue weighted by molar-refractivity contribution is 7.71. The molecule has 0 saturated heterocycles. The smallest absolute Gasteiger partial charge is 0.195 e. The Hall–Kier alpha value is -1.42. The van der Waals surface area contributed by atoms with E-state index in [4.69, 9.17) is 12.2 Å². The third kappa shape index (κ3) is 1.85. The van der Waals surface area contributed by atoms with Crippen molar-refractivity contribution in [3.8, 4) is 11.4 Å². The molecule has 1 aromatic carbocycles. The van der Waals surface area contributed by atoms with Gasteiger partial charge in [-0.2, -0.15) is 5.10 Å². The van der Waals surface area contributed by atoms with Crippen molar-refractivity contribution in [2.45, 2.75) is 38.6 Å². The first-order valence-electron chi connectivity index (χ1n) is 7.46. The van der Waals surface area contributed by atoms with Gasteiger partial charge in [0.2, 0.25) is 0 Å². The van der Waals surface area contributed by atoms with Crippen molar-refractivity contribution >= 4 is 12.2 Å². The van der Waals surface area contributed by atoms with E-state index in [-0.39, 0.29) is 0 Å². The molecule has 3 nitrogen and oxygen atoms in total. The summed E-state index contributed by atoms with van der Waals surface area (Å²) >= 11 is 5.50. The maximum atomic E-state index is 5.50. The molecule has 2 aliphatic rings. The van der Waals surface area contributed by atoms with Crippen LogP contribution in [0.1, 0.15) is 37.3 Å². The molecule has 2 aliphatic carbocycles. The molecular formula is C16H19N3S. The van der Waals surface area contributed by atoms with Crippen LogP contribution >= 0.6 is 12.2 Å². The van der Waals surface area contributed by atoms with Gasteiger partial charge in [-0.15, -0.1) is 0 Å². The average Bonchev–Trinajstić information content (AvgIpc) is 3.14. The van der Waals surface area contributed by atoms with E-state index in [0.717, 1.165) is 28.0 Å². The van der Waals surface area contributed by atoms with Crippen LogP contribution in [-0.4, -0.2) is 14.8 Å². The van der Waals surface area contributed by atoms with Gasteiger partial charge in [0, 0.05) is 11.6 Å². The Kier molecular flexibility index (Phi) is 2.81. The number of nitrogens with zero attached hydrogens (tertiary/aromatic N) is 2. The van der Waals surface area contributed by atoms with E-state index in [9.17, 15) is 0 Å². The maximum absolute atomic E-state index is 5.50. The third-order valence-corrected chi connectivity index (χ3v) is 5.33. The molecule has 20 heavy (non-hydrogen) atoms.